The van der Waals surface area contributed by atoms with Gasteiger partial charge in [0.15, 0.2) is 0 Å². The second-order valence-corrected chi connectivity index (χ2v) is 12.3. The summed E-state index contributed by atoms with van der Waals surface area (Å²) in [6, 6.07) is 0. The molecule has 0 fully saturated rings. The quantitative estimate of drug-likeness (QED) is 0.0741. The van der Waals surface area contributed by atoms with E-state index in [9.17, 15) is 0 Å². The van der Waals surface area contributed by atoms with Crippen molar-refractivity contribution in [1.29, 1.82) is 0 Å². The van der Waals surface area contributed by atoms with Crippen LogP contribution in [0.1, 0.15) is 155 Å². The molecule has 0 N–H and O–H groups in total. The van der Waals surface area contributed by atoms with E-state index < -0.39 is 0 Å². The van der Waals surface area contributed by atoms with Crippen molar-refractivity contribution >= 4 is 55.1 Å². The van der Waals surface area contributed by atoms with Gasteiger partial charge in [0.25, 0.3) is 0 Å². The van der Waals surface area contributed by atoms with Crippen molar-refractivity contribution in [3.8, 4) is 0 Å². The van der Waals surface area contributed by atoms with Gasteiger partial charge in [-0.1, -0.05) is 174 Å². The molecule has 0 aromatic heterocycles. The summed E-state index contributed by atoms with van der Waals surface area (Å²) in [6.45, 7) is 4.55. The average Bonchev–Trinajstić information content (AvgIpc) is 2.81. The number of unbranched alkanes of at least 4 members (excludes halogenated alkanes) is 18. The Hall–Kier alpha value is 1.54. The summed E-state index contributed by atoms with van der Waals surface area (Å²) < 4.78 is 0. The van der Waals surface area contributed by atoms with Crippen LogP contribution in [0.25, 0.3) is 0 Å². The van der Waals surface area contributed by atoms with E-state index in [2.05, 4.69) is 45.7 Å². The van der Waals surface area contributed by atoms with E-state index in [1.807, 2.05) is 0 Å². The van der Waals surface area contributed by atoms with Crippen LogP contribution < -0.4 is 0 Å². The molecule has 0 heterocycles. The summed E-state index contributed by atoms with van der Waals surface area (Å²) in [4.78, 5) is 0.531. The predicted molar refractivity (Wildman–Crippen MR) is 160 cm³/mol. The van der Waals surface area contributed by atoms with Crippen molar-refractivity contribution < 1.29 is 0 Å². The van der Waals surface area contributed by atoms with Crippen LogP contribution in [0.3, 0.4) is 0 Å². The lowest BCUT2D eigenvalue weighted by Gasteiger charge is -2.05. The lowest BCUT2D eigenvalue weighted by Crippen LogP contribution is -1.98. The number of hydrogen-bond acceptors (Lipinski definition) is 0. The Kier molecular flexibility index (Phi) is 36.3. The maximum absolute atomic E-state index is 6.03. The van der Waals surface area contributed by atoms with Gasteiger partial charge in [0.1, 0.15) is 0 Å². The number of hydrogen-bond donors (Lipinski definition) is 0. The SMILES string of the molecule is CCCCCCCCCCCCC(Br)CCl.CCCCCCCCCCCCC(Cl)CBr. The molecule has 4 heteroatoms. The fourth-order valence-corrected chi connectivity index (χ4v) is 4.82. The first kappa shape index (κ1) is 35.7. The highest BCUT2D eigenvalue weighted by Crippen LogP contribution is 2.16. The van der Waals surface area contributed by atoms with E-state index in [1.54, 1.807) is 0 Å². The van der Waals surface area contributed by atoms with E-state index in [-0.39, 0.29) is 0 Å². The van der Waals surface area contributed by atoms with Crippen LogP contribution in [-0.4, -0.2) is 21.4 Å². The molecule has 0 bridgehead atoms. The molecule has 0 aliphatic heterocycles. The van der Waals surface area contributed by atoms with Crippen molar-refractivity contribution in [3.63, 3.8) is 0 Å². The minimum atomic E-state index is 0.342. The van der Waals surface area contributed by atoms with E-state index in [0.717, 1.165) is 11.2 Å². The molecule has 196 valence electrons. The molecule has 0 aliphatic carbocycles. The minimum absolute atomic E-state index is 0.342. The Bertz CT molecular complexity index is 286. The first-order valence-electron chi connectivity index (χ1n) is 14.0. The Morgan fingerprint density at radius 3 is 1.16 bits per heavy atom. The molecule has 2 unspecified atom stereocenters. The second kappa shape index (κ2) is 32.5. The summed E-state index contributed by atoms with van der Waals surface area (Å²) in [5, 5.41) is 1.28. The minimum Gasteiger partial charge on any atom is -0.126 e. The van der Waals surface area contributed by atoms with Crippen molar-refractivity contribution in [2.75, 3.05) is 11.2 Å². The molecule has 0 radical (unpaired) electrons. The van der Waals surface area contributed by atoms with Gasteiger partial charge in [-0.2, -0.15) is 0 Å². The van der Waals surface area contributed by atoms with Crippen LogP contribution in [-0.2, 0) is 0 Å². The van der Waals surface area contributed by atoms with Gasteiger partial charge in [-0.15, -0.1) is 23.2 Å². The largest absolute Gasteiger partial charge is 0.126 e. The third-order valence-electron chi connectivity index (χ3n) is 6.08. The van der Waals surface area contributed by atoms with E-state index in [0.29, 0.717) is 10.2 Å². The normalized spacial score (nSPS) is 12.9. The lowest BCUT2D eigenvalue weighted by atomic mass is 10.1. The molecule has 0 nitrogen and oxygen atoms in total. The first-order chi connectivity index (χ1) is 15.6. The fraction of sp³-hybridized carbons (Fsp3) is 1.00. The van der Waals surface area contributed by atoms with E-state index >= 15 is 0 Å². The number of rotatable bonds is 24. The van der Waals surface area contributed by atoms with Crippen LogP contribution in [0.4, 0.5) is 0 Å². The summed E-state index contributed by atoms with van der Waals surface area (Å²) >= 11 is 18.7. The maximum atomic E-state index is 6.03. The van der Waals surface area contributed by atoms with Crippen molar-refractivity contribution in [2.45, 2.75) is 165 Å². The van der Waals surface area contributed by atoms with Gasteiger partial charge in [-0.25, -0.2) is 0 Å². The molecular formula is C28H56Br2Cl2. The van der Waals surface area contributed by atoms with Gasteiger partial charge >= 0.3 is 0 Å². The highest BCUT2D eigenvalue weighted by atomic mass is 79.9. The zero-order valence-electron chi connectivity index (χ0n) is 21.6. The maximum Gasteiger partial charge on any atom is 0.0432 e. The summed E-state index contributed by atoms with van der Waals surface area (Å²) in [6.07, 6.45) is 30.6. The Morgan fingerprint density at radius 2 is 0.844 bits per heavy atom. The summed E-state index contributed by atoms with van der Waals surface area (Å²) in [5.74, 6) is 0.747. The molecule has 0 rings (SSSR count). The molecule has 0 aromatic carbocycles. The molecule has 2 atom stereocenters. The standard InChI is InChI=1S/2C14H28BrCl/c1-2-3-4-5-6-7-8-9-10-11-12-14(15)13-16;1-2-3-4-5-6-7-8-9-10-11-12-14(16)13-15/h2*14H,2-13H2,1H3. The summed E-state index contributed by atoms with van der Waals surface area (Å²) in [5.41, 5.74) is 0. The van der Waals surface area contributed by atoms with Crippen molar-refractivity contribution in [1.82, 2.24) is 0 Å². The molecular weight excluding hydrogens is 567 g/mol. The Morgan fingerprint density at radius 1 is 0.531 bits per heavy atom. The van der Waals surface area contributed by atoms with Crippen molar-refractivity contribution in [3.05, 3.63) is 0 Å². The molecule has 0 aliphatic rings. The van der Waals surface area contributed by atoms with E-state index in [1.165, 1.54) is 141 Å². The molecule has 32 heavy (non-hydrogen) atoms. The van der Waals surface area contributed by atoms with Gasteiger partial charge in [-0.05, 0) is 12.8 Å². The monoisotopic (exact) mass is 620 g/mol. The van der Waals surface area contributed by atoms with Gasteiger partial charge in [0.2, 0.25) is 0 Å². The van der Waals surface area contributed by atoms with Crippen LogP contribution in [0.2, 0.25) is 0 Å². The van der Waals surface area contributed by atoms with Crippen LogP contribution in [0, 0.1) is 0 Å². The Labute approximate surface area is 230 Å². The van der Waals surface area contributed by atoms with Gasteiger partial charge in [-0.3, -0.25) is 0 Å². The topological polar surface area (TPSA) is 0 Å². The van der Waals surface area contributed by atoms with Gasteiger partial charge in [0, 0.05) is 21.4 Å². The molecule has 0 amide bonds. The van der Waals surface area contributed by atoms with Crippen LogP contribution >= 0.6 is 55.1 Å². The lowest BCUT2D eigenvalue weighted by molar-refractivity contribution is 0.549. The highest BCUT2D eigenvalue weighted by molar-refractivity contribution is 9.09. The van der Waals surface area contributed by atoms with E-state index in [4.69, 9.17) is 23.2 Å². The zero-order chi connectivity index (χ0) is 24.1. The van der Waals surface area contributed by atoms with Crippen LogP contribution in [0.15, 0.2) is 0 Å². The smallest absolute Gasteiger partial charge is 0.0432 e. The third-order valence-corrected chi connectivity index (χ3v) is 9.13. The molecule has 0 saturated carbocycles. The molecule has 0 spiro atoms. The van der Waals surface area contributed by atoms with Crippen LogP contribution in [0.5, 0.6) is 0 Å². The number of alkyl halides is 4. The third kappa shape index (κ3) is 33.7. The Balaban J connectivity index is 0. The predicted octanol–water partition coefficient (Wildman–Crippen LogP) is 12.6. The number of halogens is 4. The van der Waals surface area contributed by atoms with Crippen molar-refractivity contribution in [2.24, 2.45) is 0 Å². The summed E-state index contributed by atoms with van der Waals surface area (Å²) in [7, 11) is 0. The average molecular weight is 623 g/mol. The second-order valence-electron chi connectivity index (χ2n) is 9.44. The fourth-order valence-electron chi connectivity index (χ4n) is 3.86. The molecule has 0 aromatic rings. The van der Waals surface area contributed by atoms with Gasteiger partial charge in [0.05, 0.1) is 0 Å². The van der Waals surface area contributed by atoms with Gasteiger partial charge < -0.3 is 0 Å². The zero-order valence-corrected chi connectivity index (χ0v) is 26.3. The first-order valence-corrected chi connectivity index (χ1v) is 17.0. The highest BCUT2D eigenvalue weighted by Gasteiger charge is 2.01. The molecule has 0 saturated heterocycles.